The Kier molecular flexibility index (Phi) is 5.38. The van der Waals surface area contributed by atoms with Crippen molar-refractivity contribution < 1.29 is 9.53 Å². The minimum atomic E-state index is 0.176. The first kappa shape index (κ1) is 17.7. The Bertz CT molecular complexity index is 773. The molecule has 0 spiro atoms. The van der Waals surface area contributed by atoms with Gasteiger partial charge in [0.2, 0.25) is 5.91 Å². The van der Waals surface area contributed by atoms with Crippen molar-refractivity contribution in [3.63, 3.8) is 0 Å². The third kappa shape index (κ3) is 3.85. The van der Waals surface area contributed by atoms with Gasteiger partial charge in [0.1, 0.15) is 0 Å². The normalized spacial score (nSPS) is 20.8. The SMILES string of the molecule is Cc1ccsc1CN1CCOC[C@H]1CC(=O)N1CCc2ccccc2C1. The van der Waals surface area contributed by atoms with E-state index in [0.29, 0.717) is 13.0 Å². The van der Waals surface area contributed by atoms with E-state index in [1.165, 1.54) is 21.6 Å². The molecule has 5 heteroatoms. The number of hydrogen-bond donors (Lipinski definition) is 0. The molecule has 1 amide bonds. The minimum absolute atomic E-state index is 0.176. The summed E-state index contributed by atoms with van der Waals surface area (Å²) in [5.41, 5.74) is 4.02. The number of nitrogens with zero attached hydrogens (tertiary/aromatic N) is 2. The Morgan fingerprint density at radius 3 is 2.88 bits per heavy atom. The number of amides is 1. The molecule has 26 heavy (non-hydrogen) atoms. The van der Waals surface area contributed by atoms with E-state index in [0.717, 1.165) is 39.2 Å². The smallest absolute Gasteiger partial charge is 0.224 e. The maximum absolute atomic E-state index is 12.9. The second-order valence-electron chi connectivity index (χ2n) is 7.26. The summed E-state index contributed by atoms with van der Waals surface area (Å²) >= 11 is 1.81. The average molecular weight is 371 g/mol. The van der Waals surface area contributed by atoms with Gasteiger partial charge in [0.05, 0.1) is 13.2 Å². The molecule has 4 nitrogen and oxygen atoms in total. The third-order valence-corrected chi connectivity index (χ3v) is 6.57. The van der Waals surface area contributed by atoms with E-state index in [4.69, 9.17) is 4.74 Å². The molecule has 2 aliphatic heterocycles. The monoisotopic (exact) mass is 370 g/mol. The van der Waals surface area contributed by atoms with Crippen LogP contribution in [0, 0.1) is 6.92 Å². The summed E-state index contributed by atoms with van der Waals surface area (Å²) in [7, 11) is 0. The molecule has 1 aromatic heterocycles. The first-order valence-corrected chi connectivity index (χ1v) is 10.3. The fourth-order valence-electron chi connectivity index (χ4n) is 3.88. The van der Waals surface area contributed by atoms with Gasteiger partial charge in [-0.25, -0.2) is 0 Å². The first-order valence-electron chi connectivity index (χ1n) is 9.40. The minimum Gasteiger partial charge on any atom is -0.378 e. The molecule has 0 bridgehead atoms. The van der Waals surface area contributed by atoms with Crippen molar-refractivity contribution in [3.8, 4) is 0 Å². The maximum atomic E-state index is 12.9. The maximum Gasteiger partial charge on any atom is 0.224 e. The van der Waals surface area contributed by atoms with Gasteiger partial charge in [-0.3, -0.25) is 9.69 Å². The van der Waals surface area contributed by atoms with E-state index in [9.17, 15) is 4.79 Å². The lowest BCUT2D eigenvalue weighted by atomic mass is 9.99. The topological polar surface area (TPSA) is 32.8 Å². The molecule has 1 fully saturated rings. The number of carbonyl (C=O) groups is 1. The zero-order valence-corrected chi connectivity index (χ0v) is 16.1. The Balaban J connectivity index is 1.40. The second-order valence-corrected chi connectivity index (χ2v) is 8.26. The molecule has 0 N–H and O–H groups in total. The highest BCUT2D eigenvalue weighted by molar-refractivity contribution is 7.10. The van der Waals surface area contributed by atoms with Crippen LogP contribution in [-0.4, -0.2) is 48.1 Å². The van der Waals surface area contributed by atoms with Gasteiger partial charge in [-0.2, -0.15) is 0 Å². The molecule has 1 aromatic carbocycles. The molecular formula is C21H26N2O2S. The standard InChI is InChI=1S/C21H26N2O2S/c1-16-7-11-26-20(16)14-22-9-10-25-15-19(22)12-21(24)23-8-6-17-4-2-3-5-18(17)13-23/h2-5,7,11,19H,6,8-10,12-15H2,1H3/t19-/m1/s1. The Hall–Kier alpha value is -1.69. The summed E-state index contributed by atoms with van der Waals surface area (Å²) < 4.78 is 5.70. The predicted molar refractivity (Wildman–Crippen MR) is 104 cm³/mol. The number of aryl methyl sites for hydroxylation is 1. The number of benzene rings is 1. The molecule has 2 aromatic rings. The van der Waals surface area contributed by atoms with Crippen LogP contribution in [0.25, 0.3) is 0 Å². The molecule has 4 rings (SSSR count). The van der Waals surface area contributed by atoms with Crippen molar-refractivity contribution in [1.29, 1.82) is 0 Å². The van der Waals surface area contributed by atoms with E-state index >= 15 is 0 Å². The molecule has 2 aliphatic rings. The van der Waals surface area contributed by atoms with E-state index in [1.807, 2.05) is 4.90 Å². The number of fused-ring (bicyclic) bond motifs is 1. The van der Waals surface area contributed by atoms with E-state index in [2.05, 4.69) is 47.5 Å². The zero-order chi connectivity index (χ0) is 17.9. The van der Waals surface area contributed by atoms with Crippen molar-refractivity contribution in [3.05, 3.63) is 57.3 Å². The van der Waals surface area contributed by atoms with Crippen LogP contribution < -0.4 is 0 Å². The van der Waals surface area contributed by atoms with Crippen LogP contribution in [-0.2, 0) is 29.0 Å². The van der Waals surface area contributed by atoms with Gasteiger partial charge >= 0.3 is 0 Å². The quantitative estimate of drug-likeness (QED) is 0.828. The number of ether oxygens (including phenoxy) is 1. The molecular weight excluding hydrogens is 344 g/mol. The lowest BCUT2D eigenvalue weighted by molar-refractivity contribution is -0.135. The highest BCUT2D eigenvalue weighted by atomic mass is 32.1. The fraction of sp³-hybridized carbons (Fsp3) is 0.476. The van der Waals surface area contributed by atoms with Crippen molar-refractivity contribution >= 4 is 17.2 Å². The largest absolute Gasteiger partial charge is 0.378 e. The highest BCUT2D eigenvalue weighted by Crippen LogP contribution is 2.23. The van der Waals surface area contributed by atoms with Crippen LogP contribution in [0.3, 0.4) is 0 Å². The number of rotatable bonds is 4. The highest BCUT2D eigenvalue weighted by Gasteiger charge is 2.29. The molecule has 0 aliphatic carbocycles. The molecule has 0 radical (unpaired) electrons. The molecule has 0 saturated carbocycles. The second kappa shape index (κ2) is 7.91. The average Bonchev–Trinajstić information content (AvgIpc) is 3.07. The van der Waals surface area contributed by atoms with Gasteiger partial charge in [-0.1, -0.05) is 24.3 Å². The lowest BCUT2D eigenvalue weighted by Gasteiger charge is -2.37. The van der Waals surface area contributed by atoms with Crippen LogP contribution in [0.1, 0.15) is 28.0 Å². The van der Waals surface area contributed by atoms with Gasteiger partial charge < -0.3 is 9.64 Å². The molecule has 1 saturated heterocycles. The predicted octanol–water partition coefficient (Wildman–Crippen LogP) is 3.23. The summed E-state index contributed by atoms with van der Waals surface area (Å²) in [6.07, 6.45) is 1.51. The first-order chi connectivity index (χ1) is 12.7. The Morgan fingerprint density at radius 2 is 2.08 bits per heavy atom. The molecule has 138 valence electrons. The fourth-order valence-corrected chi connectivity index (χ4v) is 4.81. The Labute approximate surface area is 159 Å². The zero-order valence-electron chi connectivity index (χ0n) is 15.3. The lowest BCUT2D eigenvalue weighted by Crippen LogP contribution is -2.48. The molecule has 3 heterocycles. The van der Waals surface area contributed by atoms with Crippen LogP contribution in [0.2, 0.25) is 0 Å². The summed E-state index contributed by atoms with van der Waals surface area (Å²) in [5, 5.41) is 2.15. The van der Waals surface area contributed by atoms with Crippen molar-refractivity contribution in [2.45, 2.75) is 38.9 Å². The van der Waals surface area contributed by atoms with Gasteiger partial charge in [-0.05, 0) is 41.5 Å². The number of hydrogen-bond acceptors (Lipinski definition) is 4. The van der Waals surface area contributed by atoms with Gasteiger partial charge in [0, 0.05) is 43.5 Å². The van der Waals surface area contributed by atoms with E-state index in [1.54, 1.807) is 11.3 Å². The van der Waals surface area contributed by atoms with E-state index < -0.39 is 0 Å². The van der Waals surface area contributed by atoms with Crippen molar-refractivity contribution in [2.75, 3.05) is 26.3 Å². The van der Waals surface area contributed by atoms with Crippen LogP contribution in [0.5, 0.6) is 0 Å². The summed E-state index contributed by atoms with van der Waals surface area (Å²) in [6, 6.07) is 10.8. The van der Waals surface area contributed by atoms with E-state index in [-0.39, 0.29) is 11.9 Å². The Morgan fingerprint density at radius 1 is 1.23 bits per heavy atom. The van der Waals surface area contributed by atoms with Gasteiger partial charge in [-0.15, -0.1) is 11.3 Å². The molecule has 1 atom stereocenters. The number of morpholine rings is 1. The van der Waals surface area contributed by atoms with Crippen molar-refractivity contribution in [1.82, 2.24) is 9.80 Å². The summed E-state index contributed by atoms with van der Waals surface area (Å²) in [6.45, 7) is 6.97. The molecule has 0 unspecified atom stereocenters. The van der Waals surface area contributed by atoms with Crippen molar-refractivity contribution in [2.24, 2.45) is 0 Å². The van der Waals surface area contributed by atoms with Crippen LogP contribution in [0.15, 0.2) is 35.7 Å². The van der Waals surface area contributed by atoms with Gasteiger partial charge in [0.25, 0.3) is 0 Å². The summed E-state index contributed by atoms with van der Waals surface area (Å²) in [5.74, 6) is 0.253. The number of thiophene rings is 1. The third-order valence-electron chi connectivity index (χ3n) is 5.56. The van der Waals surface area contributed by atoms with Gasteiger partial charge in [0.15, 0.2) is 0 Å². The van der Waals surface area contributed by atoms with Crippen LogP contribution in [0.4, 0.5) is 0 Å². The summed E-state index contributed by atoms with van der Waals surface area (Å²) in [4.78, 5) is 18.8. The van der Waals surface area contributed by atoms with Crippen LogP contribution >= 0.6 is 11.3 Å². The number of carbonyl (C=O) groups excluding carboxylic acids is 1.